The van der Waals surface area contributed by atoms with E-state index < -0.39 is 15.9 Å². The quantitative estimate of drug-likeness (QED) is 0.580. The Labute approximate surface area is 195 Å². The van der Waals surface area contributed by atoms with E-state index in [1.54, 1.807) is 42.5 Å². The fourth-order valence-electron chi connectivity index (χ4n) is 3.88. The second kappa shape index (κ2) is 10.0. The molecule has 0 aliphatic heterocycles. The lowest BCUT2D eigenvalue weighted by molar-refractivity contribution is -0.119. The number of amides is 1. The van der Waals surface area contributed by atoms with Crippen LogP contribution in [-0.2, 0) is 14.8 Å². The molecule has 0 atom stereocenters. The van der Waals surface area contributed by atoms with Crippen molar-refractivity contribution < 1.29 is 13.2 Å². The van der Waals surface area contributed by atoms with Gasteiger partial charge in [0, 0.05) is 10.7 Å². The molecular formula is C24H30ClN3O3S. The van der Waals surface area contributed by atoms with Gasteiger partial charge in [-0.2, -0.15) is 5.10 Å². The molecule has 3 rings (SSSR count). The van der Waals surface area contributed by atoms with Gasteiger partial charge in [-0.3, -0.25) is 9.10 Å². The van der Waals surface area contributed by atoms with Crippen LogP contribution in [0.2, 0.25) is 5.02 Å². The Hall–Kier alpha value is -2.38. The molecular weight excluding hydrogens is 446 g/mol. The second-order valence-electron chi connectivity index (χ2n) is 9.15. The van der Waals surface area contributed by atoms with Crippen LogP contribution in [0.1, 0.15) is 46.5 Å². The van der Waals surface area contributed by atoms with Crippen LogP contribution in [-0.4, -0.2) is 26.6 Å². The SMILES string of the molecule is CC(C)(C)C1CCC(=NNC(=O)CN(c2ccc(Cl)cc2)S(=O)(=O)c2ccccc2)CC1. The maximum absolute atomic E-state index is 13.3. The Morgan fingerprint density at radius 3 is 2.22 bits per heavy atom. The summed E-state index contributed by atoms with van der Waals surface area (Å²) >= 11 is 5.96. The summed E-state index contributed by atoms with van der Waals surface area (Å²) in [6, 6.07) is 14.4. The number of nitrogens with zero attached hydrogens (tertiary/aromatic N) is 2. The summed E-state index contributed by atoms with van der Waals surface area (Å²) in [5, 5.41) is 4.77. The summed E-state index contributed by atoms with van der Waals surface area (Å²) in [6.45, 7) is 6.36. The summed E-state index contributed by atoms with van der Waals surface area (Å²) < 4.78 is 27.6. The van der Waals surface area contributed by atoms with E-state index in [0.29, 0.717) is 16.6 Å². The molecule has 0 heterocycles. The molecule has 0 spiro atoms. The average Bonchev–Trinajstić information content (AvgIpc) is 2.77. The molecule has 1 amide bonds. The summed E-state index contributed by atoms with van der Waals surface area (Å²) in [5.74, 6) is 0.137. The predicted molar refractivity (Wildman–Crippen MR) is 129 cm³/mol. The van der Waals surface area contributed by atoms with Gasteiger partial charge in [0.05, 0.1) is 10.6 Å². The van der Waals surface area contributed by atoms with Crippen molar-refractivity contribution in [2.45, 2.75) is 51.3 Å². The number of rotatable bonds is 6. The molecule has 0 radical (unpaired) electrons. The molecule has 0 saturated heterocycles. The lowest BCUT2D eigenvalue weighted by atomic mass is 9.72. The predicted octanol–water partition coefficient (Wildman–Crippen LogP) is 5.24. The number of sulfonamides is 1. The van der Waals surface area contributed by atoms with Gasteiger partial charge in [-0.25, -0.2) is 13.8 Å². The largest absolute Gasteiger partial charge is 0.271 e. The minimum absolute atomic E-state index is 0.106. The normalized spacial score (nSPS) is 17.0. The minimum atomic E-state index is -3.95. The van der Waals surface area contributed by atoms with E-state index in [0.717, 1.165) is 35.7 Å². The molecule has 0 aromatic heterocycles. The number of nitrogens with one attached hydrogen (secondary N) is 1. The number of hydrogen-bond donors (Lipinski definition) is 1. The summed E-state index contributed by atoms with van der Waals surface area (Å²) in [7, 11) is -3.95. The first-order valence-corrected chi connectivity index (χ1v) is 12.6. The molecule has 2 aromatic rings. The number of anilines is 1. The van der Waals surface area contributed by atoms with Crippen LogP contribution in [0.4, 0.5) is 5.69 Å². The number of hydrogen-bond acceptors (Lipinski definition) is 4. The van der Waals surface area contributed by atoms with Crippen LogP contribution in [0.25, 0.3) is 0 Å². The lowest BCUT2D eigenvalue weighted by Gasteiger charge is -2.34. The van der Waals surface area contributed by atoms with E-state index in [9.17, 15) is 13.2 Å². The molecule has 0 bridgehead atoms. The lowest BCUT2D eigenvalue weighted by Crippen LogP contribution is -2.40. The van der Waals surface area contributed by atoms with Gasteiger partial charge in [-0.15, -0.1) is 0 Å². The van der Waals surface area contributed by atoms with Crippen LogP contribution in [0.3, 0.4) is 0 Å². The van der Waals surface area contributed by atoms with Gasteiger partial charge in [0.1, 0.15) is 6.54 Å². The zero-order valence-electron chi connectivity index (χ0n) is 18.7. The molecule has 1 aliphatic carbocycles. The van der Waals surface area contributed by atoms with E-state index in [4.69, 9.17) is 11.6 Å². The summed E-state index contributed by atoms with van der Waals surface area (Å²) in [5.41, 5.74) is 4.12. The molecule has 1 saturated carbocycles. The minimum Gasteiger partial charge on any atom is -0.271 e. The van der Waals surface area contributed by atoms with Crippen molar-refractivity contribution in [1.82, 2.24) is 5.43 Å². The number of carbonyl (C=O) groups is 1. The topological polar surface area (TPSA) is 78.8 Å². The first kappa shape index (κ1) is 24.3. The Morgan fingerprint density at radius 1 is 1.06 bits per heavy atom. The molecule has 1 fully saturated rings. The van der Waals surface area contributed by atoms with Gasteiger partial charge in [0.25, 0.3) is 15.9 Å². The average molecular weight is 476 g/mol. The Kier molecular flexibility index (Phi) is 7.62. The summed E-state index contributed by atoms with van der Waals surface area (Å²) in [6.07, 6.45) is 3.76. The Bertz CT molecular complexity index is 1050. The fourth-order valence-corrected chi connectivity index (χ4v) is 5.45. The van der Waals surface area contributed by atoms with Gasteiger partial charge in [0.15, 0.2) is 0 Å². The first-order valence-electron chi connectivity index (χ1n) is 10.7. The number of halogens is 1. The smallest absolute Gasteiger partial charge is 0.264 e. The second-order valence-corrected chi connectivity index (χ2v) is 11.5. The van der Waals surface area contributed by atoms with Crippen LogP contribution >= 0.6 is 11.6 Å². The van der Waals surface area contributed by atoms with Gasteiger partial charge < -0.3 is 0 Å². The monoisotopic (exact) mass is 475 g/mol. The van der Waals surface area contributed by atoms with E-state index >= 15 is 0 Å². The molecule has 2 aromatic carbocycles. The van der Waals surface area contributed by atoms with Crippen LogP contribution < -0.4 is 9.73 Å². The molecule has 8 heteroatoms. The maximum Gasteiger partial charge on any atom is 0.264 e. The first-order chi connectivity index (χ1) is 15.1. The van der Waals surface area contributed by atoms with E-state index in [-0.39, 0.29) is 16.9 Å². The third-order valence-electron chi connectivity index (χ3n) is 5.86. The highest BCUT2D eigenvalue weighted by Gasteiger charge is 2.29. The van der Waals surface area contributed by atoms with Crippen LogP contribution in [0.5, 0.6) is 0 Å². The molecule has 1 N–H and O–H groups in total. The molecule has 0 unspecified atom stereocenters. The molecule has 32 heavy (non-hydrogen) atoms. The highest BCUT2D eigenvalue weighted by Crippen LogP contribution is 2.36. The highest BCUT2D eigenvalue weighted by molar-refractivity contribution is 7.92. The Morgan fingerprint density at radius 2 is 1.66 bits per heavy atom. The van der Waals surface area contributed by atoms with Crippen LogP contribution in [0, 0.1) is 11.3 Å². The third-order valence-corrected chi connectivity index (χ3v) is 7.90. The van der Waals surface area contributed by atoms with Crippen molar-refractivity contribution in [1.29, 1.82) is 0 Å². The third kappa shape index (κ3) is 6.11. The maximum atomic E-state index is 13.3. The number of benzene rings is 2. The van der Waals surface area contributed by atoms with Gasteiger partial charge in [-0.1, -0.05) is 50.6 Å². The molecule has 6 nitrogen and oxygen atoms in total. The molecule has 1 aliphatic rings. The van der Waals surface area contributed by atoms with Crippen LogP contribution in [0.15, 0.2) is 64.6 Å². The highest BCUT2D eigenvalue weighted by atomic mass is 35.5. The van der Waals surface area contributed by atoms with Gasteiger partial charge in [0.2, 0.25) is 0 Å². The van der Waals surface area contributed by atoms with Gasteiger partial charge in [-0.05, 0) is 73.4 Å². The summed E-state index contributed by atoms with van der Waals surface area (Å²) in [4.78, 5) is 12.8. The Balaban J connectivity index is 1.74. The van der Waals surface area contributed by atoms with Crippen molar-refractivity contribution in [2.24, 2.45) is 16.4 Å². The zero-order valence-corrected chi connectivity index (χ0v) is 20.3. The van der Waals surface area contributed by atoms with Crippen molar-refractivity contribution >= 4 is 38.9 Å². The van der Waals surface area contributed by atoms with Crippen molar-refractivity contribution in [3.8, 4) is 0 Å². The standard InChI is InChI=1S/C24H30ClN3O3S/c1-24(2,3)18-9-13-20(14-10-18)26-27-23(29)17-28(21-15-11-19(25)12-16-21)32(30,31)22-7-5-4-6-8-22/h4-8,11-12,15-16,18H,9-10,13-14,17H2,1-3H3,(H,27,29). The van der Waals surface area contributed by atoms with Gasteiger partial charge >= 0.3 is 0 Å². The van der Waals surface area contributed by atoms with Crippen molar-refractivity contribution in [3.05, 3.63) is 59.6 Å². The molecule has 172 valence electrons. The number of hydrazone groups is 1. The number of carbonyl (C=O) groups excluding carboxylic acids is 1. The van der Waals surface area contributed by atoms with E-state index in [1.165, 1.54) is 12.1 Å². The van der Waals surface area contributed by atoms with Crippen molar-refractivity contribution in [2.75, 3.05) is 10.8 Å². The van der Waals surface area contributed by atoms with E-state index in [1.807, 2.05) is 0 Å². The van der Waals surface area contributed by atoms with Crippen molar-refractivity contribution in [3.63, 3.8) is 0 Å². The zero-order chi connectivity index (χ0) is 23.4. The van der Waals surface area contributed by atoms with E-state index in [2.05, 4.69) is 31.3 Å². The fraction of sp³-hybridized carbons (Fsp3) is 0.417.